The molecule has 0 amide bonds. The molecular weight excluding hydrogens is 256 g/mol. The molecule has 0 aliphatic rings. The summed E-state index contributed by atoms with van der Waals surface area (Å²) in [6, 6.07) is 0. The number of hydrogen-bond donors (Lipinski definition) is 3. The number of aliphatic carboxylic acids is 1. The summed E-state index contributed by atoms with van der Waals surface area (Å²) >= 11 is 0. The van der Waals surface area contributed by atoms with E-state index in [0.717, 1.165) is 19.3 Å². The van der Waals surface area contributed by atoms with Gasteiger partial charge >= 0.3 is 5.97 Å². The number of carbonyl (C=O) groups is 1. The molecule has 4 heteroatoms. The molecule has 0 spiro atoms. The van der Waals surface area contributed by atoms with E-state index >= 15 is 0 Å². The second-order valence-corrected chi connectivity index (χ2v) is 5.67. The van der Waals surface area contributed by atoms with E-state index in [1.807, 2.05) is 0 Å². The second-order valence-electron chi connectivity index (χ2n) is 5.67. The molecule has 0 aromatic heterocycles. The van der Waals surface area contributed by atoms with Gasteiger partial charge in [-0.15, -0.1) is 0 Å². The summed E-state index contributed by atoms with van der Waals surface area (Å²) in [5.74, 6) is -1.35. The molecule has 0 aromatic carbocycles. The number of aliphatic hydroxyl groups excluding tert-OH is 2. The van der Waals surface area contributed by atoms with Crippen LogP contribution in [0.15, 0.2) is 0 Å². The Bertz CT molecular complexity index is 231. The molecule has 3 N–H and O–H groups in total. The summed E-state index contributed by atoms with van der Waals surface area (Å²) in [6.45, 7) is 2.23. The molecule has 0 aliphatic heterocycles. The van der Waals surface area contributed by atoms with Crippen LogP contribution in [0.1, 0.15) is 84.0 Å². The molecule has 0 aromatic rings. The third-order valence-electron chi connectivity index (χ3n) is 3.72. The van der Waals surface area contributed by atoms with Crippen molar-refractivity contribution < 1.29 is 20.1 Å². The fraction of sp³-hybridized carbons (Fsp3) is 0.938. The lowest BCUT2D eigenvalue weighted by Gasteiger charge is -2.13. The van der Waals surface area contributed by atoms with E-state index in [0.29, 0.717) is 6.42 Å². The predicted molar refractivity (Wildman–Crippen MR) is 80.7 cm³/mol. The maximum Gasteiger partial charge on any atom is 0.335 e. The molecule has 2 atom stereocenters. The molecule has 0 saturated carbocycles. The van der Waals surface area contributed by atoms with Gasteiger partial charge in [0.25, 0.3) is 0 Å². The number of unbranched alkanes of at least 4 members (excludes halogenated alkanes) is 10. The standard InChI is InChI=1S/C16H32O4/c1-2-3-4-5-6-7-8-9-10-11-12-13-14(17)15(18)16(19)20/h14-15,17-18H,2-13H2,1H3,(H,19,20). The van der Waals surface area contributed by atoms with Gasteiger partial charge in [0.1, 0.15) is 0 Å². The SMILES string of the molecule is CCCCCCCCCCCCCC(O)C(O)C(=O)O. The van der Waals surface area contributed by atoms with Crippen LogP contribution in [-0.2, 0) is 4.79 Å². The minimum absolute atomic E-state index is 0.366. The Hall–Kier alpha value is -0.610. The van der Waals surface area contributed by atoms with Crippen molar-refractivity contribution in [3.05, 3.63) is 0 Å². The highest BCUT2D eigenvalue weighted by molar-refractivity contribution is 5.72. The van der Waals surface area contributed by atoms with Crippen LogP contribution >= 0.6 is 0 Å². The Kier molecular flexibility index (Phi) is 13.0. The van der Waals surface area contributed by atoms with Crippen LogP contribution in [0.2, 0.25) is 0 Å². The van der Waals surface area contributed by atoms with Gasteiger partial charge in [-0.25, -0.2) is 4.79 Å². The maximum atomic E-state index is 10.4. The first-order valence-corrected chi connectivity index (χ1v) is 8.18. The van der Waals surface area contributed by atoms with Crippen LogP contribution in [0.3, 0.4) is 0 Å². The molecule has 0 heterocycles. The average molecular weight is 288 g/mol. The van der Waals surface area contributed by atoms with Crippen LogP contribution in [0.5, 0.6) is 0 Å². The quantitative estimate of drug-likeness (QED) is 0.428. The van der Waals surface area contributed by atoms with Crippen molar-refractivity contribution in [1.29, 1.82) is 0 Å². The summed E-state index contributed by atoms with van der Waals surface area (Å²) in [5, 5.41) is 27.0. The Morgan fingerprint density at radius 3 is 1.60 bits per heavy atom. The predicted octanol–water partition coefficient (Wildman–Crippen LogP) is 3.49. The van der Waals surface area contributed by atoms with Gasteiger partial charge < -0.3 is 15.3 Å². The van der Waals surface area contributed by atoms with Crippen molar-refractivity contribution in [3.63, 3.8) is 0 Å². The van der Waals surface area contributed by atoms with Crippen LogP contribution in [0.25, 0.3) is 0 Å². The lowest BCUT2D eigenvalue weighted by Crippen LogP contribution is -2.33. The van der Waals surface area contributed by atoms with Crippen LogP contribution in [0, 0.1) is 0 Å². The minimum Gasteiger partial charge on any atom is -0.479 e. The summed E-state index contributed by atoms with van der Waals surface area (Å²) in [7, 11) is 0. The number of carboxylic acids is 1. The third-order valence-corrected chi connectivity index (χ3v) is 3.72. The van der Waals surface area contributed by atoms with E-state index < -0.39 is 18.2 Å². The minimum atomic E-state index is -1.64. The molecule has 20 heavy (non-hydrogen) atoms. The van der Waals surface area contributed by atoms with E-state index in [9.17, 15) is 9.90 Å². The second kappa shape index (κ2) is 13.4. The van der Waals surface area contributed by atoms with E-state index in [1.54, 1.807) is 0 Å². The Morgan fingerprint density at radius 1 is 0.800 bits per heavy atom. The van der Waals surface area contributed by atoms with Gasteiger partial charge in [-0.3, -0.25) is 0 Å². The zero-order valence-corrected chi connectivity index (χ0v) is 12.9. The summed E-state index contributed by atoms with van der Waals surface area (Å²) in [6.07, 6.45) is 11.0. The van der Waals surface area contributed by atoms with Crippen LogP contribution < -0.4 is 0 Å². The zero-order chi connectivity index (χ0) is 15.2. The molecule has 120 valence electrons. The van der Waals surface area contributed by atoms with Gasteiger partial charge in [0.2, 0.25) is 0 Å². The lowest BCUT2D eigenvalue weighted by atomic mass is 10.0. The summed E-state index contributed by atoms with van der Waals surface area (Å²) < 4.78 is 0. The van der Waals surface area contributed by atoms with Gasteiger partial charge in [-0.05, 0) is 6.42 Å². The van der Waals surface area contributed by atoms with E-state index in [2.05, 4.69) is 6.92 Å². The van der Waals surface area contributed by atoms with Crippen molar-refractivity contribution in [2.75, 3.05) is 0 Å². The number of hydrogen-bond acceptors (Lipinski definition) is 3. The fourth-order valence-corrected chi connectivity index (χ4v) is 2.34. The first kappa shape index (κ1) is 19.4. The number of carboxylic acid groups (broad SMARTS) is 1. The van der Waals surface area contributed by atoms with Crippen molar-refractivity contribution in [2.24, 2.45) is 0 Å². The summed E-state index contributed by atoms with van der Waals surface area (Å²) in [5.41, 5.74) is 0. The third kappa shape index (κ3) is 11.2. The smallest absolute Gasteiger partial charge is 0.335 e. The van der Waals surface area contributed by atoms with Crippen LogP contribution in [-0.4, -0.2) is 33.5 Å². The highest BCUT2D eigenvalue weighted by atomic mass is 16.4. The maximum absolute atomic E-state index is 10.4. The van der Waals surface area contributed by atoms with E-state index in [4.69, 9.17) is 10.2 Å². The molecule has 2 unspecified atom stereocenters. The van der Waals surface area contributed by atoms with E-state index in [1.165, 1.54) is 51.4 Å². The monoisotopic (exact) mass is 288 g/mol. The fourth-order valence-electron chi connectivity index (χ4n) is 2.34. The molecule has 4 nitrogen and oxygen atoms in total. The van der Waals surface area contributed by atoms with Gasteiger partial charge in [-0.1, -0.05) is 77.6 Å². The van der Waals surface area contributed by atoms with Gasteiger partial charge in [0, 0.05) is 0 Å². The molecule has 0 aliphatic carbocycles. The Morgan fingerprint density at radius 2 is 1.20 bits per heavy atom. The molecule has 0 fully saturated rings. The first-order chi connectivity index (χ1) is 9.59. The van der Waals surface area contributed by atoms with E-state index in [-0.39, 0.29) is 0 Å². The Balaban J connectivity index is 3.22. The van der Waals surface area contributed by atoms with Gasteiger partial charge in [-0.2, -0.15) is 0 Å². The topological polar surface area (TPSA) is 77.8 Å². The highest BCUT2D eigenvalue weighted by Crippen LogP contribution is 2.13. The van der Waals surface area contributed by atoms with Gasteiger partial charge in [0.15, 0.2) is 6.10 Å². The summed E-state index contributed by atoms with van der Waals surface area (Å²) in [4.78, 5) is 10.4. The molecule has 0 rings (SSSR count). The first-order valence-electron chi connectivity index (χ1n) is 8.18. The van der Waals surface area contributed by atoms with Crippen molar-refractivity contribution in [3.8, 4) is 0 Å². The molecular formula is C16H32O4. The normalized spacial score (nSPS) is 14.2. The van der Waals surface area contributed by atoms with Gasteiger partial charge in [0.05, 0.1) is 6.10 Å². The molecule has 0 saturated heterocycles. The molecule has 0 radical (unpaired) electrons. The number of aliphatic hydroxyl groups is 2. The average Bonchev–Trinajstić information content (AvgIpc) is 2.43. The number of rotatable bonds is 14. The molecule has 0 bridgehead atoms. The largest absolute Gasteiger partial charge is 0.479 e. The lowest BCUT2D eigenvalue weighted by molar-refractivity contribution is -0.153. The van der Waals surface area contributed by atoms with Crippen molar-refractivity contribution >= 4 is 5.97 Å². The van der Waals surface area contributed by atoms with Crippen LogP contribution in [0.4, 0.5) is 0 Å². The Labute approximate surface area is 123 Å². The highest BCUT2D eigenvalue weighted by Gasteiger charge is 2.22. The van der Waals surface area contributed by atoms with Crippen molar-refractivity contribution in [1.82, 2.24) is 0 Å². The zero-order valence-electron chi connectivity index (χ0n) is 12.9. The van der Waals surface area contributed by atoms with Crippen molar-refractivity contribution in [2.45, 2.75) is 96.2 Å².